The van der Waals surface area contributed by atoms with E-state index >= 15 is 0 Å². The maximum absolute atomic E-state index is 13.1. The molecule has 0 atom stereocenters. The Kier molecular flexibility index (Phi) is 5.62. The summed E-state index contributed by atoms with van der Waals surface area (Å²) in [6.07, 6.45) is 0. The third-order valence-corrected chi connectivity index (χ3v) is 6.47. The Bertz CT molecular complexity index is 1770. The summed E-state index contributed by atoms with van der Waals surface area (Å²) in [7, 11) is 0. The van der Waals surface area contributed by atoms with Crippen LogP contribution in [-0.2, 0) is 12.3 Å². The van der Waals surface area contributed by atoms with Gasteiger partial charge in [-0.2, -0.15) is 5.10 Å². The van der Waals surface area contributed by atoms with Crippen LogP contribution in [0.5, 0.6) is 0 Å². The quantitative estimate of drug-likeness (QED) is 0.338. The summed E-state index contributed by atoms with van der Waals surface area (Å²) >= 11 is 1.30. The van der Waals surface area contributed by atoms with Gasteiger partial charge in [-0.25, -0.2) is 14.6 Å². The number of nitrogens with two attached hydrogens (primary N) is 1. The Labute approximate surface area is 209 Å². The number of thioether (sulfide) groups is 1. The van der Waals surface area contributed by atoms with Crippen LogP contribution in [0.25, 0.3) is 33.3 Å². The maximum Gasteiger partial charge on any atom is 0.277 e. The molecule has 9 nitrogen and oxygen atoms in total. The van der Waals surface area contributed by atoms with Gasteiger partial charge in [0.15, 0.2) is 5.69 Å². The van der Waals surface area contributed by atoms with Crippen LogP contribution in [0.2, 0.25) is 0 Å². The van der Waals surface area contributed by atoms with E-state index in [0.29, 0.717) is 45.6 Å². The van der Waals surface area contributed by atoms with Gasteiger partial charge in [-0.05, 0) is 23.8 Å². The monoisotopic (exact) mass is 493 g/mol. The molecule has 36 heavy (non-hydrogen) atoms. The minimum Gasteiger partial charge on any atom is -0.409 e. The number of para-hydroxylation sites is 1. The number of hydrogen-bond acceptors (Lipinski definition) is 9. The molecule has 176 valence electrons. The van der Waals surface area contributed by atoms with Gasteiger partial charge in [0.25, 0.3) is 16.7 Å². The van der Waals surface area contributed by atoms with Crippen molar-refractivity contribution in [1.29, 1.82) is 0 Å². The lowest BCUT2D eigenvalue weighted by molar-refractivity contribution is 0.462. The van der Waals surface area contributed by atoms with E-state index in [4.69, 9.17) is 10.2 Å². The molecule has 0 amide bonds. The fourth-order valence-electron chi connectivity index (χ4n) is 3.96. The minimum absolute atomic E-state index is 0.182. The fourth-order valence-corrected chi connectivity index (χ4v) is 4.58. The van der Waals surface area contributed by atoms with Crippen LogP contribution < -0.4 is 11.3 Å². The predicted octanol–water partition coefficient (Wildman–Crippen LogP) is 4.31. The summed E-state index contributed by atoms with van der Waals surface area (Å²) < 4.78 is 7.36. The van der Waals surface area contributed by atoms with Gasteiger partial charge in [0.05, 0.1) is 23.2 Å². The lowest BCUT2D eigenvalue weighted by Crippen LogP contribution is -2.24. The van der Waals surface area contributed by atoms with E-state index in [0.717, 1.165) is 16.5 Å². The normalized spacial score (nSPS) is 11.3. The summed E-state index contributed by atoms with van der Waals surface area (Å²) in [5, 5.41) is 15.3. The number of aromatic nitrogens is 6. The highest BCUT2D eigenvalue weighted by Crippen LogP contribution is 2.28. The second kappa shape index (κ2) is 9.23. The first-order chi connectivity index (χ1) is 17.7. The van der Waals surface area contributed by atoms with Crippen molar-refractivity contribution < 1.29 is 4.42 Å². The molecule has 0 spiro atoms. The van der Waals surface area contributed by atoms with Crippen molar-refractivity contribution in [1.82, 2.24) is 29.9 Å². The number of rotatable bonds is 6. The molecular weight excluding hydrogens is 474 g/mol. The third kappa shape index (κ3) is 4.18. The molecule has 0 radical (unpaired) electrons. The average Bonchev–Trinajstić information content (AvgIpc) is 3.39. The van der Waals surface area contributed by atoms with Crippen LogP contribution >= 0.6 is 11.8 Å². The highest BCUT2D eigenvalue weighted by Gasteiger charge is 2.18. The Morgan fingerprint density at radius 3 is 2.39 bits per heavy atom. The van der Waals surface area contributed by atoms with Crippen molar-refractivity contribution in [2.45, 2.75) is 17.5 Å². The Hall–Kier alpha value is -4.57. The topological polar surface area (TPSA) is 126 Å². The molecule has 6 aromatic rings. The van der Waals surface area contributed by atoms with Gasteiger partial charge in [0, 0.05) is 10.8 Å². The van der Waals surface area contributed by atoms with Crippen LogP contribution in [-0.4, -0.2) is 29.9 Å². The van der Waals surface area contributed by atoms with Crippen molar-refractivity contribution in [3.8, 4) is 11.6 Å². The molecule has 0 aliphatic rings. The Balaban J connectivity index is 1.32. The van der Waals surface area contributed by atoms with E-state index in [9.17, 15) is 4.79 Å². The SMILES string of the molecule is Nc1nc(CSc2nnc(-c3nn(Cc4ccccc4)c(=O)c4ccccc34)o2)nc2ccccc12. The zero-order valence-corrected chi connectivity index (χ0v) is 19.7. The number of nitrogen functional groups attached to an aromatic ring is 1. The van der Waals surface area contributed by atoms with Gasteiger partial charge in [0.2, 0.25) is 0 Å². The lowest BCUT2D eigenvalue weighted by Gasteiger charge is -2.09. The van der Waals surface area contributed by atoms with Crippen molar-refractivity contribution in [2.24, 2.45) is 0 Å². The zero-order chi connectivity index (χ0) is 24.5. The molecule has 0 saturated heterocycles. The van der Waals surface area contributed by atoms with Gasteiger partial charge in [0.1, 0.15) is 11.6 Å². The molecule has 0 aliphatic heterocycles. The fraction of sp³-hybridized carbons (Fsp3) is 0.0769. The van der Waals surface area contributed by atoms with Gasteiger partial charge < -0.3 is 10.2 Å². The van der Waals surface area contributed by atoms with E-state index in [1.165, 1.54) is 16.4 Å². The van der Waals surface area contributed by atoms with E-state index in [1.807, 2.05) is 72.8 Å². The summed E-state index contributed by atoms with van der Waals surface area (Å²) in [6.45, 7) is 0.327. The molecule has 10 heteroatoms. The molecule has 0 saturated carbocycles. The summed E-state index contributed by atoms with van der Waals surface area (Å²) in [4.78, 5) is 22.1. The first kappa shape index (κ1) is 21.9. The van der Waals surface area contributed by atoms with Crippen LogP contribution in [0.15, 0.2) is 93.3 Å². The first-order valence-electron chi connectivity index (χ1n) is 11.2. The zero-order valence-electron chi connectivity index (χ0n) is 18.9. The third-order valence-electron chi connectivity index (χ3n) is 5.66. The average molecular weight is 494 g/mol. The molecule has 0 unspecified atom stereocenters. The molecule has 3 aromatic carbocycles. The molecule has 2 N–H and O–H groups in total. The van der Waals surface area contributed by atoms with E-state index in [-0.39, 0.29) is 11.4 Å². The molecule has 0 aliphatic carbocycles. The van der Waals surface area contributed by atoms with Gasteiger partial charge >= 0.3 is 0 Å². The molecule has 0 bridgehead atoms. The standard InChI is InChI=1S/C26H19N7O2S/c27-23-19-12-6-7-13-20(19)28-21(29-23)15-36-26-31-30-24(35-26)22-17-10-4-5-11-18(17)25(34)33(32-22)14-16-8-2-1-3-9-16/h1-13H,14-15H2,(H2,27,28,29). The van der Waals surface area contributed by atoms with Crippen molar-refractivity contribution >= 4 is 39.3 Å². The summed E-state index contributed by atoms with van der Waals surface area (Å²) in [6, 6.07) is 24.6. The molecular formula is C26H19N7O2S. The largest absolute Gasteiger partial charge is 0.409 e. The van der Waals surface area contributed by atoms with Crippen molar-refractivity contribution in [2.75, 3.05) is 5.73 Å². The highest BCUT2D eigenvalue weighted by atomic mass is 32.2. The second-order valence-corrected chi connectivity index (χ2v) is 8.97. The summed E-state index contributed by atoms with van der Waals surface area (Å²) in [5.74, 6) is 1.63. The Morgan fingerprint density at radius 1 is 0.833 bits per heavy atom. The molecule has 3 aromatic heterocycles. The number of anilines is 1. The molecule has 3 heterocycles. The van der Waals surface area contributed by atoms with Gasteiger partial charge in [-0.3, -0.25) is 4.79 Å². The Morgan fingerprint density at radius 2 is 1.56 bits per heavy atom. The van der Waals surface area contributed by atoms with E-state index in [2.05, 4.69) is 25.3 Å². The van der Waals surface area contributed by atoms with Gasteiger partial charge in [-0.15, -0.1) is 10.2 Å². The molecule has 0 fully saturated rings. The predicted molar refractivity (Wildman–Crippen MR) is 138 cm³/mol. The molecule has 6 rings (SSSR count). The van der Waals surface area contributed by atoms with Crippen LogP contribution in [0.3, 0.4) is 0 Å². The van der Waals surface area contributed by atoms with Crippen LogP contribution in [0, 0.1) is 0 Å². The van der Waals surface area contributed by atoms with Crippen LogP contribution in [0.4, 0.5) is 5.82 Å². The number of hydrogen-bond donors (Lipinski definition) is 1. The number of fused-ring (bicyclic) bond motifs is 2. The minimum atomic E-state index is -0.182. The number of benzene rings is 3. The smallest absolute Gasteiger partial charge is 0.277 e. The summed E-state index contributed by atoms with van der Waals surface area (Å²) in [5.41, 5.74) is 8.10. The van der Waals surface area contributed by atoms with E-state index in [1.54, 1.807) is 6.07 Å². The maximum atomic E-state index is 13.1. The van der Waals surface area contributed by atoms with Crippen molar-refractivity contribution in [3.05, 3.63) is 101 Å². The number of nitrogens with zero attached hydrogens (tertiary/aromatic N) is 6. The van der Waals surface area contributed by atoms with Crippen molar-refractivity contribution in [3.63, 3.8) is 0 Å². The highest BCUT2D eigenvalue weighted by molar-refractivity contribution is 7.98. The second-order valence-electron chi connectivity index (χ2n) is 8.05. The lowest BCUT2D eigenvalue weighted by atomic mass is 10.1. The van der Waals surface area contributed by atoms with Crippen LogP contribution in [0.1, 0.15) is 11.4 Å². The van der Waals surface area contributed by atoms with Gasteiger partial charge in [-0.1, -0.05) is 72.4 Å². The van der Waals surface area contributed by atoms with E-state index < -0.39 is 0 Å². The first-order valence-corrected chi connectivity index (χ1v) is 12.2.